The maximum Gasteiger partial charge on any atom is 0.0974 e. The van der Waals surface area contributed by atoms with Crippen molar-refractivity contribution < 1.29 is 0 Å². The predicted octanol–water partition coefficient (Wildman–Crippen LogP) is 1.76. The first-order valence-electron chi connectivity index (χ1n) is 6.50. The topological polar surface area (TPSA) is 58.9 Å². The molecule has 0 radical (unpaired) electrons. The zero-order chi connectivity index (χ0) is 14.5. The zero-order valence-electron chi connectivity index (χ0n) is 11.9. The highest BCUT2D eigenvalue weighted by molar-refractivity contribution is 9.10. The van der Waals surface area contributed by atoms with Gasteiger partial charge in [0.15, 0.2) is 0 Å². The molecule has 0 bridgehead atoms. The molecule has 2 rings (SSSR count). The Bertz CT molecular complexity index is 524. The molecule has 6 nitrogen and oxygen atoms in total. The van der Waals surface area contributed by atoms with Gasteiger partial charge in [-0.15, -0.1) is 0 Å². The summed E-state index contributed by atoms with van der Waals surface area (Å²) in [5.41, 5.74) is 2.03. The number of hydrogen-bond donors (Lipinski definition) is 1. The van der Waals surface area contributed by atoms with Gasteiger partial charge in [0.25, 0.3) is 0 Å². The fourth-order valence-electron chi connectivity index (χ4n) is 1.98. The van der Waals surface area contributed by atoms with Gasteiger partial charge in [-0.25, -0.2) is 0 Å². The molecule has 0 aliphatic heterocycles. The first-order valence-corrected chi connectivity index (χ1v) is 8.02. The van der Waals surface area contributed by atoms with Crippen LogP contribution in [0.25, 0.3) is 0 Å². The Balaban J connectivity index is 2.30. The lowest BCUT2D eigenvalue weighted by Gasteiger charge is -2.19. The van der Waals surface area contributed by atoms with E-state index in [1.54, 1.807) is 0 Å². The van der Waals surface area contributed by atoms with Crippen molar-refractivity contribution in [3.8, 4) is 0 Å². The van der Waals surface area contributed by atoms with E-state index in [4.69, 9.17) is 0 Å². The minimum absolute atomic E-state index is 0.0118. The molecule has 8 heteroatoms. The third-order valence-corrected chi connectivity index (χ3v) is 4.05. The van der Waals surface area contributed by atoms with Crippen LogP contribution in [-0.2, 0) is 6.54 Å². The van der Waals surface area contributed by atoms with Crippen LogP contribution in [0.4, 0.5) is 0 Å². The van der Waals surface area contributed by atoms with Gasteiger partial charge < -0.3 is 10.2 Å². The highest BCUT2D eigenvalue weighted by atomic mass is 79.9. The monoisotopic (exact) mass is 358 g/mol. The summed E-state index contributed by atoms with van der Waals surface area (Å²) in [5.74, 6) is 0. The fraction of sp³-hybridized carbons (Fsp3) is 0.583. The lowest BCUT2D eigenvalue weighted by Crippen LogP contribution is -2.27. The van der Waals surface area contributed by atoms with Crippen LogP contribution in [0, 0.1) is 0 Å². The van der Waals surface area contributed by atoms with Crippen LogP contribution in [0.15, 0.2) is 16.9 Å². The molecule has 0 aromatic carbocycles. The van der Waals surface area contributed by atoms with Gasteiger partial charge in [0.05, 0.1) is 52.6 Å². The molecule has 0 spiro atoms. The maximum atomic E-state index is 4.46. The zero-order valence-corrected chi connectivity index (χ0v) is 14.3. The Morgan fingerprint density at radius 3 is 2.85 bits per heavy atom. The van der Waals surface area contributed by atoms with Gasteiger partial charge in [-0.05, 0) is 36.6 Å². The van der Waals surface area contributed by atoms with E-state index in [0.29, 0.717) is 0 Å². The molecular weight excluding hydrogens is 340 g/mol. The summed E-state index contributed by atoms with van der Waals surface area (Å²) in [5, 5.41) is 7.92. The minimum Gasteiger partial charge on any atom is -0.308 e. The molecule has 1 atom stereocenters. The van der Waals surface area contributed by atoms with Gasteiger partial charge in [-0.3, -0.25) is 4.68 Å². The Morgan fingerprint density at radius 2 is 2.25 bits per heavy atom. The summed E-state index contributed by atoms with van der Waals surface area (Å²) < 4.78 is 11.5. The molecule has 2 aromatic heterocycles. The lowest BCUT2D eigenvalue weighted by atomic mass is 10.1. The average Bonchev–Trinajstić information content (AvgIpc) is 3.04. The van der Waals surface area contributed by atoms with Gasteiger partial charge >= 0.3 is 0 Å². The van der Waals surface area contributed by atoms with E-state index in [-0.39, 0.29) is 6.04 Å². The molecule has 20 heavy (non-hydrogen) atoms. The van der Waals surface area contributed by atoms with Gasteiger partial charge in [-0.1, -0.05) is 6.92 Å². The second kappa shape index (κ2) is 7.26. The molecule has 2 heterocycles. The first-order chi connectivity index (χ1) is 9.63. The van der Waals surface area contributed by atoms with Crippen molar-refractivity contribution in [3.05, 3.63) is 28.3 Å². The largest absolute Gasteiger partial charge is 0.308 e. The van der Waals surface area contributed by atoms with Crippen molar-refractivity contribution in [1.29, 1.82) is 0 Å². The van der Waals surface area contributed by atoms with Crippen LogP contribution < -0.4 is 5.32 Å². The number of likely N-dealkylation sites (N-methyl/N-ethyl adjacent to an activating group) is 1. The Labute approximate surface area is 131 Å². The number of hydrogen-bond acceptors (Lipinski definition) is 6. The van der Waals surface area contributed by atoms with E-state index in [0.717, 1.165) is 35.5 Å². The number of nitrogens with zero attached hydrogens (tertiary/aromatic N) is 5. The van der Waals surface area contributed by atoms with Crippen LogP contribution >= 0.6 is 27.7 Å². The summed E-state index contributed by atoms with van der Waals surface area (Å²) in [6.07, 6.45) is 3.66. The average molecular weight is 359 g/mol. The molecular formula is C12H19BrN6S. The summed E-state index contributed by atoms with van der Waals surface area (Å²) in [6.45, 7) is 4.72. The Kier molecular flexibility index (Phi) is 5.64. The van der Waals surface area contributed by atoms with Crippen LogP contribution in [0.1, 0.15) is 24.4 Å². The highest BCUT2D eigenvalue weighted by Crippen LogP contribution is 2.27. The van der Waals surface area contributed by atoms with Gasteiger partial charge in [0.1, 0.15) is 0 Å². The number of nitrogens with one attached hydrogen (secondary N) is 1. The normalized spacial score (nSPS) is 13.1. The van der Waals surface area contributed by atoms with Crippen molar-refractivity contribution in [2.45, 2.75) is 19.5 Å². The second-order valence-corrected chi connectivity index (χ2v) is 6.14. The van der Waals surface area contributed by atoms with Crippen molar-refractivity contribution in [2.75, 3.05) is 27.2 Å². The summed E-state index contributed by atoms with van der Waals surface area (Å²) in [4.78, 5) is 2.14. The molecule has 0 saturated carbocycles. The minimum atomic E-state index is 0.0118. The highest BCUT2D eigenvalue weighted by Gasteiger charge is 2.23. The molecule has 2 aromatic rings. The standard InChI is InChI=1S/C12H19BrN6S/c1-4-14-11(10-8-16-20-17-10)12-9(13)7-15-19(12)6-5-18(2)3/h7-8,11,14H,4-6H2,1-3H3. The van der Waals surface area contributed by atoms with Crippen molar-refractivity contribution in [3.63, 3.8) is 0 Å². The Hall–Kier alpha value is -0.830. The molecule has 0 aliphatic rings. The van der Waals surface area contributed by atoms with Crippen molar-refractivity contribution in [1.82, 2.24) is 28.7 Å². The maximum absolute atomic E-state index is 4.46. The van der Waals surface area contributed by atoms with Gasteiger partial charge in [-0.2, -0.15) is 13.8 Å². The van der Waals surface area contributed by atoms with Crippen LogP contribution in [0.3, 0.4) is 0 Å². The van der Waals surface area contributed by atoms with E-state index in [9.17, 15) is 0 Å². The van der Waals surface area contributed by atoms with E-state index < -0.39 is 0 Å². The molecule has 0 amide bonds. The SMILES string of the molecule is CCNC(c1cnsn1)c1c(Br)cnn1CCN(C)C. The molecule has 110 valence electrons. The fourth-order valence-corrected chi connectivity index (χ4v) is 2.95. The predicted molar refractivity (Wildman–Crippen MR) is 83.9 cm³/mol. The smallest absolute Gasteiger partial charge is 0.0974 e. The summed E-state index contributed by atoms with van der Waals surface area (Å²) in [6, 6.07) is 0.0118. The summed E-state index contributed by atoms with van der Waals surface area (Å²) in [7, 11) is 4.12. The second-order valence-electron chi connectivity index (χ2n) is 4.73. The van der Waals surface area contributed by atoms with Crippen LogP contribution in [0.2, 0.25) is 0 Å². The number of aromatic nitrogens is 4. The Morgan fingerprint density at radius 1 is 1.45 bits per heavy atom. The first kappa shape index (κ1) is 15.6. The van der Waals surface area contributed by atoms with E-state index in [1.807, 2.05) is 17.1 Å². The molecule has 0 aliphatic carbocycles. The van der Waals surface area contributed by atoms with E-state index in [1.165, 1.54) is 11.7 Å². The molecule has 0 saturated heterocycles. The number of halogens is 1. The third kappa shape index (κ3) is 3.63. The van der Waals surface area contributed by atoms with E-state index >= 15 is 0 Å². The quantitative estimate of drug-likeness (QED) is 0.816. The van der Waals surface area contributed by atoms with Crippen molar-refractivity contribution in [2.24, 2.45) is 0 Å². The lowest BCUT2D eigenvalue weighted by molar-refractivity contribution is 0.365. The molecule has 1 unspecified atom stereocenters. The summed E-state index contributed by atoms with van der Waals surface area (Å²) >= 11 is 4.83. The van der Waals surface area contributed by atoms with Crippen LogP contribution in [-0.4, -0.2) is 50.6 Å². The molecule has 1 N–H and O–H groups in total. The number of rotatable bonds is 7. The van der Waals surface area contributed by atoms with Gasteiger partial charge in [0, 0.05) is 6.54 Å². The van der Waals surface area contributed by atoms with Crippen molar-refractivity contribution >= 4 is 27.7 Å². The van der Waals surface area contributed by atoms with Gasteiger partial charge in [0.2, 0.25) is 0 Å². The van der Waals surface area contributed by atoms with Crippen LogP contribution in [0.5, 0.6) is 0 Å². The third-order valence-electron chi connectivity index (χ3n) is 2.95. The van der Waals surface area contributed by atoms with E-state index in [2.05, 4.69) is 61.0 Å². The molecule has 0 fully saturated rings.